The number of rotatable bonds is 4. The average Bonchev–Trinajstić information content (AvgIpc) is 2.37. The fourth-order valence-electron chi connectivity index (χ4n) is 1.86. The van der Waals surface area contributed by atoms with Crippen LogP contribution >= 0.6 is 0 Å². The second kappa shape index (κ2) is 5.48. The molecule has 98 valence electrons. The van der Waals surface area contributed by atoms with Gasteiger partial charge < -0.3 is 10.8 Å². The summed E-state index contributed by atoms with van der Waals surface area (Å²) in [6.45, 7) is 2.05. The Morgan fingerprint density at radius 2 is 2.05 bits per heavy atom. The Morgan fingerprint density at radius 3 is 2.68 bits per heavy atom. The highest BCUT2D eigenvalue weighted by atomic mass is 16.4. The van der Waals surface area contributed by atoms with Crippen LogP contribution in [0, 0.1) is 6.92 Å². The normalized spacial score (nSPS) is 10.4. The summed E-state index contributed by atoms with van der Waals surface area (Å²) in [7, 11) is 0. The van der Waals surface area contributed by atoms with Crippen molar-refractivity contribution in [3.05, 3.63) is 53.0 Å². The zero-order valence-corrected chi connectivity index (χ0v) is 10.6. The van der Waals surface area contributed by atoms with Gasteiger partial charge in [0.05, 0.1) is 0 Å². The molecular weight excluding hydrogens is 242 g/mol. The van der Waals surface area contributed by atoms with E-state index >= 15 is 0 Å². The van der Waals surface area contributed by atoms with Gasteiger partial charge in [0, 0.05) is 12.6 Å². The molecule has 1 heterocycles. The van der Waals surface area contributed by atoms with Crippen LogP contribution in [0.5, 0.6) is 0 Å². The third kappa shape index (κ3) is 3.07. The highest BCUT2D eigenvalue weighted by Gasteiger charge is 2.10. The summed E-state index contributed by atoms with van der Waals surface area (Å²) in [6.07, 6.45) is 2.70. The monoisotopic (exact) mass is 257 g/mol. The number of carboxylic acids is 1. The van der Waals surface area contributed by atoms with Gasteiger partial charge in [-0.1, -0.05) is 24.3 Å². The van der Waals surface area contributed by atoms with E-state index in [1.807, 2.05) is 12.1 Å². The second-order valence-electron chi connectivity index (χ2n) is 4.32. The molecule has 1 aromatic carbocycles. The number of aromatic nitrogens is 2. The lowest BCUT2D eigenvalue weighted by Crippen LogP contribution is -2.09. The summed E-state index contributed by atoms with van der Waals surface area (Å²) in [6, 6.07) is 8.10. The van der Waals surface area contributed by atoms with Crippen LogP contribution in [0.15, 0.2) is 30.5 Å². The van der Waals surface area contributed by atoms with Gasteiger partial charge in [-0.05, 0) is 24.5 Å². The van der Waals surface area contributed by atoms with Crippen LogP contribution in [0.1, 0.15) is 27.3 Å². The molecule has 5 heteroatoms. The summed E-state index contributed by atoms with van der Waals surface area (Å²) in [5.41, 5.74) is 7.98. The number of hydrogen-bond donors (Lipinski definition) is 2. The first-order valence-electron chi connectivity index (χ1n) is 5.97. The zero-order chi connectivity index (χ0) is 13.8. The number of aryl methyl sites for hydroxylation is 3. The molecule has 1 aromatic heterocycles. The van der Waals surface area contributed by atoms with Crippen LogP contribution in [0.4, 0.5) is 5.82 Å². The van der Waals surface area contributed by atoms with Crippen LogP contribution < -0.4 is 5.73 Å². The Kier molecular flexibility index (Phi) is 3.75. The van der Waals surface area contributed by atoms with E-state index in [2.05, 4.69) is 29.0 Å². The Labute approximate surface area is 111 Å². The van der Waals surface area contributed by atoms with Gasteiger partial charge >= 0.3 is 5.97 Å². The van der Waals surface area contributed by atoms with Gasteiger partial charge in [-0.15, -0.1) is 0 Å². The highest BCUT2D eigenvalue weighted by Crippen LogP contribution is 2.12. The van der Waals surface area contributed by atoms with Crippen LogP contribution in [-0.2, 0) is 12.8 Å². The molecule has 0 unspecified atom stereocenters. The largest absolute Gasteiger partial charge is 0.477 e. The first kappa shape index (κ1) is 13.0. The molecule has 0 amide bonds. The van der Waals surface area contributed by atoms with Crippen molar-refractivity contribution >= 4 is 11.8 Å². The van der Waals surface area contributed by atoms with E-state index in [1.165, 1.54) is 17.3 Å². The summed E-state index contributed by atoms with van der Waals surface area (Å²) < 4.78 is 0. The zero-order valence-electron chi connectivity index (χ0n) is 10.6. The molecule has 0 saturated carbocycles. The summed E-state index contributed by atoms with van der Waals surface area (Å²) in [5.74, 6) is -0.531. The average molecular weight is 257 g/mol. The molecule has 0 aliphatic rings. The maximum Gasteiger partial charge on any atom is 0.341 e. The minimum Gasteiger partial charge on any atom is -0.477 e. The number of nitrogen functional groups attached to an aromatic ring is 1. The number of benzene rings is 1. The van der Waals surface area contributed by atoms with Gasteiger partial charge in [-0.25, -0.2) is 14.8 Å². The molecule has 5 nitrogen and oxygen atoms in total. The second-order valence-corrected chi connectivity index (χ2v) is 4.32. The number of aromatic carboxylic acids is 1. The third-order valence-electron chi connectivity index (χ3n) is 2.98. The fraction of sp³-hybridized carbons (Fsp3) is 0.214. The lowest BCUT2D eigenvalue weighted by Gasteiger charge is -2.06. The molecule has 0 bridgehead atoms. The smallest absolute Gasteiger partial charge is 0.341 e. The van der Waals surface area contributed by atoms with Crippen LogP contribution in [0.3, 0.4) is 0 Å². The molecule has 0 aliphatic heterocycles. The van der Waals surface area contributed by atoms with Gasteiger partial charge in [0.25, 0.3) is 0 Å². The fourth-order valence-corrected chi connectivity index (χ4v) is 1.86. The van der Waals surface area contributed by atoms with Crippen molar-refractivity contribution in [3.8, 4) is 0 Å². The van der Waals surface area contributed by atoms with E-state index in [1.54, 1.807) is 0 Å². The van der Waals surface area contributed by atoms with E-state index in [0.717, 1.165) is 6.42 Å². The first-order chi connectivity index (χ1) is 9.08. The Balaban J connectivity index is 2.11. The quantitative estimate of drug-likeness (QED) is 0.872. The van der Waals surface area contributed by atoms with Crippen LogP contribution in [0.2, 0.25) is 0 Å². The highest BCUT2D eigenvalue weighted by molar-refractivity contribution is 5.92. The topological polar surface area (TPSA) is 89.1 Å². The maximum absolute atomic E-state index is 10.8. The molecule has 0 aliphatic carbocycles. The van der Waals surface area contributed by atoms with Crippen molar-refractivity contribution in [2.24, 2.45) is 0 Å². The van der Waals surface area contributed by atoms with E-state index in [9.17, 15) is 4.79 Å². The molecule has 0 atom stereocenters. The van der Waals surface area contributed by atoms with Crippen molar-refractivity contribution in [2.75, 3.05) is 5.73 Å². The molecule has 19 heavy (non-hydrogen) atoms. The van der Waals surface area contributed by atoms with Crippen molar-refractivity contribution in [3.63, 3.8) is 0 Å². The molecule has 0 radical (unpaired) electrons. The summed E-state index contributed by atoms with van der Waals surface area (Å²) in [5, 5.41) is 8.84. The molecule has 0 saturated heterocycles. The van der Waals surface area contributed by atoms with Gasteiger partial charge in [-0.2, -0.15) is 0 Å². The number of carboxylic acid groups (broad SMARTS) is 1. The maximum atomic E-state index is 10.8. The van der Waals surface area contributed by atoms with Crippen LogP contribution in [0.25, 0.3) is 0 Å². The number of anilines is 1. The third-order valence-corrected chi connectivity index (χ3v) is 2.98. The van der Waals surface area contributed by atoms with Crippen molar-refractivity contribution in [1.29, 1.82) is 0 Å². The molecule has 2 rings (SSSR count). The molecule has 0 fully saturated rings. The summed E-state index contributed by atoms with van der Waals surface area (Å²) in [4.78, 5) is 18.9. The number of carbonyl (C=O) groups is 1. The molecular formula is C14H15N3O2. The lowest BCUT2D eigenvalue weighted by molar-refractivity contribution is 0.0697. The van der Waals surface area contributed by atoms with E-state index in [4.69, 9.17) is 10.8 Å². The van der Waals surface area contributed by atoms with Gasteiger partial charge in [0.15, 0.2) is 0 Å². The van der Waals surface area contributed by atoms with Gasteiger partial charge in [-0.3, -0.25) is 0 Å². The minimum atomic E-state index is -1.11. The van der Waals surface area contributed by atoms with E-state index < -0.39 is 5.97 Å². The van der Waals surface area contributed by atoms with Gasteiger partial charge in [0.1, 0.15) is 17.2 Å². The predicted molar refractivity (Wildman–Crippen MR) is 72.0 cm³/mol. The van der Waals surface area contributed by atoms with Crippen molar-refractivity contribution in [1.82, 2.24) is 9.97 Å². The SMILES string of the molecule is Cc1ccccc1CCc1ncc(C(=O)O)c(N)n1. The number of hydrogen-bond acceptors (Lipinski definition) is 4. The molecule has 2 aromatic rings. The Bertz CT molecular complexity index is 611. The molecule has 3 N–H and O–H groups in total. The molecule has 0 spiro atoms. The Morgan fingerprint density at radius 1 is 1.32 bits per heavy atom. The predicted octanol–water partition coefficient (Wildman–Crippen LogP) is 1.85. The number of nitrogens with zero attached hydrogens (tertiary/aromatic N) is 2. The minimum absolute atomic E-state index is 0.0160. The van der Waals surface area contributed by atoms with E-state index in [0.29, 0.717) is 12.2 Å². The van der Waals surface area contributed by atoms with Crippen LogP contribution in [-0.4, -0.2) is 21.0 Å². The van der Waals surface area contributed by atoms with Crippen molar-refractivity contribution in [2.45, 2.75) is 19.8 Å². The van der Waals surface area contributed by atoms with E-state index in [-0.39, 0.29) is 11.4 Å². The summed E-state index contributed by atoms with van der Waals surface area (Å²) >= 11 is 0. The Hall–Kier alpha value is -2.43. The van der Waals surface area contributed by atoms with Gasteiger partial charge in [0.2, 0.25) is 0 Å². The standard InChI is InChI=1S/C14H15N3O2/c1-9-4-2-3-5-10(9)6-7-12-16-8-11(14(18)19)13(15)17-12/h2-5,8H,6-7H2,1H3,(H,18,19)(H2,15,16,17). The number of nitrogens with two attached hydrogens (primary N) is 1. The first-order valence-corrected chi connectivity index (χ1v) is 5.97. The lowest BCUT2D eigenvalue weighted by atomic mass is 10.0. The van der Waals surface area contributed by atoms with Crippen molar-refractivity contribution < 1.29 is 9.90 Å².